The largest absolute Gasteiger partial charge is 0.327 e. The lowest BCUT2D eigenvalue weighted by molar-refractivity contribution is 0.280. The maximum atomic E-state index is 6.37. The van der Waals surface area contributed by atoms with E-state index in [1.807, 2.05) is 18.5 Å². The Kier molecular flexibility index (Phi) is 2.68. The lowest BCUT2D eigenvalue weighted by Gasteiger charge is -2.27. The van der Waals surface area contributed by atoms with Gasteiger partial charge in [0.15, 0.2) is 0 Å². The third-order valence-corrected chi connectivity index (χ3v) is 4.54. The number of rotatable bonds is 3. The molecule has 2 heteroatoms. The van der Waals surface area contributed by atoms with E-state index in [0.717, 1.165) is 24.2 Å². The van der Waals surface area contributed by atoms with E-state index >= 15 is 0 Å². The summed E-state index contributed by atoms with van der Waals surface area (Å²) >= 11 is 0. The second-order valence-electron chi connectivity index (χ2n) is 5.57. The highest BCUT2D eigenvalue weighted by Gasteiger charge is 2.41. The van der Waals surface area contributed by atoms with E-state index in [-0.39, 0.29) is 0 Å². The van der Waals surface area contributed by atoms with Crippen LogP contribution in [0.25, 0.3) is 0 Å². The van der Waals surface area contributed by atoms with Gasteiger partial charge in [0, 0.05) is 18.4 Å². The molecule has 4 atom stereocenters. The molecule has 0 amide bonds. The average Bonchev–Trinajstić information content (AvgIpc) is 2.92. The van der Waals surface area contributed by atoms with E-state index in [4.69, 9.17) is 5.73 Å². The van der Waals surface area contributed by atoms with Crippen molar-refractivity contribution in [3.63, 3.8) is 0 Å². The number of aromatic nitrogens is 1. The smallest absolute Gasteiger partial charge is 0.0300 e. The van der Waals surface area contributed by atoms with Gasteiger partial charge in [-0.3, -0.25) is 4.98 Å². The molecule has 86 valence electrons. The van der Waals surface area contributed by atoms with Crippen molar-refractivity contribution in [3.8, 4) is 0 Å². The fraction of sp³-hybridized carbons (Fsp3) is 0.643. The molecule has 2 N–H and O–H groups in total. The van der Waals surface area contributed by atoms with Gasteiger partial charge in [-0.2, -0.15) is 0 Å². The van der Waals surface area contributed by atoms with Crippen LogP contribution in [0.2, 0.25) is 0 Å². The van der Waals surface area contributed by atoms with Crippen LogP contribution >= 0.6 is 0 Å². The highest BCUT2D eigenvalue weighted by molar-refractivity contribution is 5.11. The number of fused-ring (bicyclic) bond motifs is 2. The molecule has 1 heterocycles. The first kappa shape index (κ1) is 10.3. The Balaban J connectivity index is 1.64. The average molecular weight is 216 g/mol. The van der Waals surface area contributed by atoms with Crippen LogP contribution in [0.5, 0.6) is 0 Å². The van der Waals surface area contributed by atoms with Crippen molar-refractivity contribution in [3.05, 3.63) is 30.1 Å². The van der Waals surface area contributed by atoms with Crippen LogP contribution in [0.4, 0.5) is 0 Å². The molecule has 3 rings (SSSR count). The quantitative estimate of drug-likeness (QED) is 0.842. The van der Waals surface area contributed by atoms with Crippen molar-refractivity contribution in [2.45, 2.75) is 38.1 Å². The summed E-state index contributed by atoms with van der Waals surface area (Å²) < 4.78 is 0. The Bertz CT molecular complexity index is 349. The molecule has 0 saturated heterocycles. The van der Waals surface area contributed by atoms with E-state index in [1.54, 1.807) is 0 Å². The second kappa shape index (κ2) is 4.17. The van der Waals surface area contributed by atoms with Gasteiger partial charge < -0.3 is 5.73 Å². The molecule has 1 aromatic heterocycles. The van der Waals surface area contributed by atoms with Gasteiger partial charge in [-0.05, 0) is 55.1 Å². The topological polar surface area (TPSA) is 38.9 Å². The summed E-state index contributed by atoms with van der Waals surface area (Å²) in [5.41, 5.74) is 7.66. The van der Waals surface area contributed by atoms with Crippen LogP contribution < -0.4 is 5.73 Å². The zero-order valence-corrected chi connectivity index (χ0v) is 9.68. The molecule has 2 saturated carbocycles. The molecule has 0 aliphatic heterocycles. The van der Waals surface area contributed by atoms with Crippen LogP contribution in [0, 0.1) is 17.8 Å². The monoisotopic (exact) mass is 216 g/mol. The van der Waals surface area contributed by atoms with Gasteiger partial charge in [-0.1, -0.05) is 12.5 Å². The minimum Gasteiger partial charge on any atom is -0.327 e. The molecule has 0 aromatic carbocycles. The van der Waals surface area contributed by atoms with E-state index in [1.165, 1.54) is 31.2 Å². The summed E-state index contributed by atoms with van der Waals surface area (Å²) in [5.74, 6) is 2.70. The lowest BCUT2D eigenvalue weighted by Crippen LogP contribution is -2.35. The van der Waals surface area contributed by atoms with E-state index < -0.39 is 0 Å². The minimum atomic E-state index is 0.347. The first-order chi connectivity index (χ1) is 7.83. The third-order valence-electron chi connectivity index (χ3n) is 4.54. The van der Waals surface area contributed by atoms with Crippen molar-refractivity contribution in [2.75, 3.05) is 0 Å². The standard InChI is InChI=1S/C14H20N2/c15-14(8-11-2-1-5-16-9-11)13-7-10-3-4-12(13)6-10/h1-2,5,9-10,12-14H,3-4,6-8,15H2. The summed E-state index contributed by atoms with van der Waals surface area (Å²) in [4.78, 5) is 4.16. The van der Waals surface area contributed by atoms with Crippen LogP contribution in [-0.2, 0) is 6.42 Å². The van der Waals surface area contributed by atoms with Crippen LogP contribution in [0.1, 0.15) is 31.2 Å². The second-order valence-corrected chi connectivity index (χ2v) is 5.57. The maximum absolute atomic E-state index is 6.37. The number of hydrogen-bond acceptors (Lipinski definition) is 2. The number of nitrogens with two attached hydrogens (primary N) is 1. The summed E-state index contributed by atoms with van der Waals surface area (Å²) in [7, 11) is 0. The van der Waals surface area contributed by atoms with Crippen molar-refractivity contribution in [1.82, 2.24) is 4.98 Å². The highest BCUT2D eigenvalue weighted by atomic mass is 14.7. The van der Waals surface area contributed by atoms with Gasteiger partial charge >= 0.3 is 0 Å². The SMILES string of the molecule is NC(Cc1cccnc1)C1CC2CCC1C2. The number of pyridine rings is 1. The van der Waals surface area contributed by atoms with E-state index in [0.29, 0.717) is 6.04 Å². The zero-order valence-electron chi connectivity index (χ0n) is 9.68. The molecular formula is C14H20N2. The molecule has 0 spiro atoms. The zero-order chi connectivity index (χ0) is 11.0. The summed E-state index contributed by atoms with van der Waals surface area (Å²) in [5, 5.41) is 0. The molecule has 2 aliphatic rings. The number of hydrogen-bond donors (Lipinski definition) is 1. The first-order valence-electron chi connectivity index (χ1n) is 6.47. The van der Waals surface area contributed by atoms with Crippen molar-refractivity contribution >= 4 is 0 Å². The molecule has 16 heavy (non-hydrogen) atoms. The molecule has 2 fully saturated rings. The van der Waals surface area contributed by atoms with Crippen molar-refractivity contribution in [1.29, 1.82) is 0 Å². The van der Waals surface area contributed by atoms with Gasteiger partial charge in [-0.25, -0.2) is 0 Å². The molecule has 4 unspecified atom stereocenters. The fourth-order valence-corrected chi connectivity index (χ4v) is 3.76. The highest BCUT2D eigenvalue weighted by Crippen LogP contribution is 2.49. The minimum absolute atomic E-state index is 0.347. The Morgan fingerprint density at radius 1 is 1.38 bits per heavy atom. The predicted molar refractivity (Wildman–Crippen MR) is 64.9 cm³/mol. The van der Waals surface area contributed by atoms with Gasteiger partial charge in [0.25, 0.3) is 0 Å². The van der Waals surface area contributed by atoms with Crippen LogP contribution in [-0.4, -0.2) is 11.0 Å². The third kappa shape index (κ3) is 1.86. The van der Waals surface area contributed by atoms with Gasteiger partial charge in [0.05, 0.1) is 0 Å². The lowest BCUT2D eigenvalue weighted by atomic mass is 9.81. The van der Waals surface area contributed by atoms with E-state index in [9.17, 15) is 0 Å². The Labute approximate surface area is 97.3 Å². The number of nitrogens with zero attached hydrogens (tertiary/aromatic N) is 1. The fourth-order valence-electron chi connectivity index (χ4n) is 3.76. The van der Waals surface area contributed by atoms with Crippen molar-refractivity contribution in [2.24, 2.45) is 23.5 Å². The normalized spacial score (nSPS) is 34.2. The summed E-state index contributed by atoms with van der Waals surface area (Å²) in [6.07, 6.45) is 10.5. The molecule has 2 nitrogen and oxygen atoms in total. The van der Waals surface area contributed by atoms with Gasteiger partial charge in [0.1, 0.15) is 0 Å². The van der Waals surface area contributed by atoms with Gasteiger partial charge in [-0.15, -0.1) is 0 Å². The van der Waals surface area contributed by atoms with E-state index in [2.05, 4.69) is 11.1 Å². The Hall–Kier alpha value is -0.890. The Morgan fingerprint density at radius 3 is 2.94 bits per heavy atom. The predicted octanol–water partition coefficient (Wildman–Crippen LogP) is 2.39. The molecule has 2 bridgehead atoms. The molecule has 0 radical (unpaired) electrons. The summed E-state index contributed by atoms with van der Waals surface area (Å²) in [6, 6.07) is 4.49. The maximum Gasteiger partial charge on any atom is 0.0300 e. The van der Waals surface area contributed by atoms with Crippen LogP contribution in [0.3, 0.4) is 0 Å². The Morgan fingerprint density at radius 2 is 2.31 bits per heavy atom. The first-order valence-corrected chi connectivity index (χ1v) is 6.47. The molecule has 2 aliphatic carbocycles. The summed E-state index contributed by atoms with van der Waals surface area (Å²) in [6.45, 7) is 0. The van der Waals surface area contributed by atoms with Gasteiger partial charge in [0.2, 0.25) is 0 Å². The molecular weight excluding hydrogens is 196 g/mol. The molecule has 1 aromatic rings. The van der Waals surface area contributed by atoms with Crippen molar-refractivity contribution < 1.29 is 0 Å². The van der Waals surface area contributed by atoms with Crippen LogP contribution in [0.15, 0.2) is 24.5 Å².